The first-order valence-electron chi connectivity index (χ1n) is 8.44. The highest BCUT2D eigenvalue weighted by molar-refractivity contribution is 5.81. The van der Waals surface area contributed by atoms with E-state index in [1.54, 1.807) is 0 Å². The first-order chi connectivity index (χ1) is 9.96. The summed E-state index contributed by atoms with van der Waals surface area (Å²) >= 11 is 0. The van der Waals surface area contributed by atoms with Crippen LogP contribution in [0, 0.1) is 28.6 Å². The number of carbonyl (C=O) groups excluding carboxylic acids is 1. The van der Waals surface area contributed by atoms with Gasteiger partial charge in [-0.05, 0) is 41.9 Å². The Morgan fingerprint density at radius 2 is 1.77 bits per heavy atom. The number of aliphatic hydroxyl groups excluding tert-OH is 1. The first-order valence-corrected chi connectivity index (χ1v) is 8.44. The lowest BCUT2D eigenvalue weighted by atomic mass is 9.57. The number of aliphatic hydroxyl groups is 1. The molecule has 3 nitrogen and oxygen atoms in total. The van der Waals surface area contributed by atoms with Gasteiger partial charge in [-0.15, -0.1) is 0 Å². The van der Waals surface area contributed by atoms with Crippen LogP contribution in [0.5, 0.6) is 0 Å². The number of esters is 1. The summed E-state index contributed by atoms with van der Waals surface area (Å²) in [7, 11) is 0. The standard InChI is InChI=1S/C19H34O3/c1-8-16(21)22-12-14-10-9-13(11-15(14)20)17(18(2,3)4)19(5,6)7/h8,13-15,17,20H,1,9-12H2,2-7H3. The smallest absolute Gasteiger partial charge is 0.330 e. The Bertz CT molecular complexity index is 372. The van der Waals surface area contributed by atoms with Crippen LogP contribution in [-0.4, -0.2) is 23.8 Å². The molecule has 0 spiro atoms. The van der Waals surface area contributed by atoms with Gasteiger partial charge < -0.3 is 9.84 Å². The number of carbonyl (C=O) groups is 1. The van der Waals surface area contributed by atoms with E-state index in [0.717, 1.165) is 19.3 Å². The zero-order valence-corrected chi connectivity index (χ0v) is 15.2. The van der Waals surface area contributed by atoms with E-state index in [1.807, 2.05) is 0 Å². The van der Waals surface area contributed by atoms with Crippen LogP contribution in [0.2, 0.25) is 0 Å². The molecular weight excluding hydrogens is 276 g/mol. The molecule has 0 aromatic heterocycles. The van der Waals surface area contributed by atoms with Gasteiger partial charge >= 0.3 is 5.97 Å². The van der Waals surface area contributed by atoms with Gasteiger partial charge in [0.2, 0.25) is 0 Å². The monoisotopic (exact) mass is 310 g/mol. The van der Waals surface area contributed by atoms with Crippen molar-refractivity contribution in [1.82, 2.24) is 0 Å². The van der Waals surface area contributed by atoms with Gasteiger partial charge in [0.15, 0.2) is 0 Å². The van der Waals surface area contributed by atoms with E-state index in [0.29, 0.717) is 18.4 Å². The summed E-state index contributed by atoms with van der Waals surface area (Å²) in [6.07, 6.45) is 3.59. The van der Waals surface area contributed by atoms with E-state index in [9.17, 15) is 9.90 Å². The van der Waals surface area contributed by atoms with Crippen LogP contribution < -0.4 is 0 Å². The zero-order valence-electron chi connectivity index (χ0n) is 15.2. The fourth-order valence-corrected chi connectivity index (χ4v) is 4.70. The number of hydrogen-bond acceptors (Lipinski definition) is 3. The minimum absolute atomic E-state index is 0.0562. The third-order valence-corrected chi connectivity index (χ3v) is 4.94. The molecule has 22 heavy (non-hydrogen) atoms. The molecular formula is C19H34O3. The topological polar surface area (TPSA) is 46.5 Å². The molecule has 0 aliphatic heterocycles. The van der Waals surface area contributed by atoms with Crippen molar-refractivity contribution in [2.24, 2.45) is 28.6 Å². The van der Waals surface area contributed by atoms with E-state index < -0.39 is 5.97 Å². The molecule has 0 aromatic rings. The lowest BCUT2D eigenvalue weighted by molar-refractivity contribution is -0.141. The van der Waals surface area contributed by atoms with Crippen LogP contribution >= 0.6 is 0 Å². The normalized spacial score (nSPS) is 26.8. The number of ether oxygens (including phenoxy) is 1. The van der Waals surface area contributed by atoms with Crippen molar-refractivity contribution in [1.29, 1.82) is 0 Å². The van der Waals surface area contributed by atoms with Crippen molar-refractivity contribution in [3.8, 4) is 0 Å². The molecule has 0 aromatic carbocycles. The fraction of sp³-hybridized carbons (Fsp3) is 0.842. The van der Waals surface area contributed by atoms with Gasteiger partial charge in [0, 0.05) is 12.0 Å². The average molecular weight is 310 g/mol. The third-order valence-electron chi connectivity index (χ3n) is 4.94. The molecule has 1 aliphatic rings. The Morgan fingerprint density at radius 3 is 2.18 bits per heavy atom. The molecule has 1 N–H and O–H groups in total. The van der Waals surface area contributed by atoms with Crippen LogP contribution in [-0.2, 0) is 9.53 Å². The van der Waals surface area contributed by atoms with E-state index >= 15 is 0 Å². The summed E-state index contributed by atoms with van der Waals surface area (Å²) in [6, 6.07) is 0. The van der Waals surface area contributed by atoms with Crippen LogP contribution in [0.15, 0.2) is 12.7 Å². The van der Waals surface area contributed by atoms with E-state index in [-0.39, 0.29) is 22.9 Å². The highest BCUT2D eigenvalue weighted by Crippen LogP contribution is 2.49. The summed E-state index contributed by atoms with van der Waals surface area (Å²) in [5.41, 5.74) is 0.426. The fourth-order valence-electron chi connectivity index (χ4n) is 4.70. The number of hydrogen-bond donors (Lipinski definition) is 1. The summed E-state index contributed by atoms with van der Waals surface area (Å²) in [5.74, 6) is 0.713. The van der Waals surface area contributed by atoms with Crippen molar-refractivity contribution >= 4 is 5.97 Å². The zero-order chi connectivity index (χ0) is 17.1. The van der Waals surface area contributed by atoms with Gasteiger partial charge in [-0.2, -0.15) is 0 Å². The molecule has 1 rings (SSSR count). The SMILES string of the molecule is C=CC(=O)OCC1CCC(C(C(C)(C)C)C(C)(C)C)CC1O. The molecule has 3 unspecified atom stereocenters. The van der Waals surface area contributed by atoms with E-state index in [4.69, 9.17) is 4.74 Å². The van der Waals surface area contributed by atoms with Crippen LogP contribution in [0.1, 0.15) is 60.8 Å². The third kappa shape index (κ3) is 5.12. The maximum absolute atomic E-state index is 11.2. The molecule has 1 aliphatic carbocycles. The van der Waals surface area contributed by atoms with Crippen LogP contribution in [0.4, 0.5) is 0 Å². The molecule has 0 amide bonds. The Kier molecular flexibility index (Phi) is 6.26. The second kappa shape index (κ2) is 7.16. The minimum Gasteiger partial charge on any atom is -0.462 e. The molecule has 1 saturated carbocycles. The highest BCUT2D eigenvalue weighted by Gasteiger charge is 2.43. The van der Waals surface area contributed by atoms with Gasteiger partial charge in [0.05, 0.1) is 12.7 Å². The van der Waals surface area contributed by atoms with Gasteiger partial charge in [-0.1, -0.05) is 48.1 Å². The summed E-state index contributed by atoms with van der Waals surface area (Å²) in [4.78, 5) is 11.2. The Labute approximate surface area is 136 Å². The molecule has 3 heteroatoms. The summed E-state index contributed by atoms with van der Waals surface area (Å²) in [6.45, 7) is 17.5. The lowest BCUT2D eigenvalue weighted by Gasteiger charge is -2.48. The van der Waals surface area contributed by atoms with Gasteiger partial charge in [0.1, 0.15) is 0 Å². The van der Waals surface area contributed by atoms with Gasteiger partial charge in [0.25, 0.3) is 0 Å². The largest absolute Gasteiger partial charge is 0.462 e. The van der Waals surface area contributed by atoms with Gasteiger partial charge in [-0.3, -0.25) is 0 Å². The quantitative estimate of drug-likeness (QED) is 0.625. The van der Waals surface area contributed by atoms with Gasteiger partial charge in [-0.25, -0.2) is 4.79 Å². The number of rotatable bonds is 4. The molecule has 0 saturated heterocycles. The molecule has 0 radical (unpaired) electrons. The first kappa shape index (κ1) is 19.2. The second-order valence-corrected chi connectivity index (χ2v) is 8.94. The summed E-state index contributed by atoms with van der Waals surface area (Å²) < 4.78 is 5.11. The molecule has 0 heterocycles. The molecule has 1 fully saturated rings. The maximum Gasteiger partial charge on any atom is 0.330 e. The lowest BCUT2D eigenvalue weighted by Crippen LogP contribution is -2.43. The minimum atomic E-state index is -0.406. The van der Waals surface area contributed by atoms with Crippen molar-refractivity contribution in [3.63, 3.8) is 0 Å². The second-order valence-electron chi connectivity index (χ2n) is 8.94. The summed E-state index contributed by atoms with van der Waals surface area (Å²) in [5, 5.41) is 10.5. The van der Waals surface area contributed by atoms with E-state index in [1.165, 1.54) is 6.08 Å². The predicted molar refractivity (Wildman–Crippen MR) is 90.4 cm³/mol. The maximum atomic E-state index is 11.2. The molecule has 3 atom stereocenters. The van der Waals surface area contributed by atoms with Crippen molar-refractivity contribution in [2.45, 2.75) is 66.9 Å². The van der Waals surface area contributed by atoms with Crippen molar-refractivity contribution in [2.75, 3.05) is 6.61 Å². The van der Waals surface area contributed by atoms with Crippen LogP contribution in [0.25, 0.3) is 0 Å². The van der Waals surface area contributed by atoms with Crippen LogP contribution in [0.3, 0.4) is 0 Å². The molecule has 0 bridgehead atoms. The average Bonchev–Trinajstić information content (AvgIpc) is 2.33. The highest BCUT2D eigenvalue weighted by atomic mass is 16.5. The van der Waals surface area contributed by atoms with Crippen molar-refractivity contribution < 1.29 is 14.6 Å². The van der Waals surface area contributed by atoms with E-state index in [2.05, 4.69) is 48.1 Å². The predicted octanol–water partition coefficient (Wildman–Crippen LogP) is 4.20. The Morgan fingerprint density at radius 1 is 1.23 bits per heavy atom. The molecule has 128 valence electrons. The Hall–Kier alpha value is -0.830. The Balaban J connectivity index is 2.71. The van der Waals surface area contributed by atoms with Crippen molar-refractivity contribution in [3.05, 3.63) is 12.7 Å².